The Morgan fingerprint density at radius 1 is 1.47 bits per heavy atom. The molecule has 6 heteroatoms. The van der Waals surface area contributed by atoms with E-state index in [-0.39, 0.29) is 5.56 Å². The van der Waals surface area contributed by atoms with Crippen LogP contribution in [0, 0.1) is 0 Å². The number of hydrogen-bond donors (Lipinski definition) is 2. The lowest BCUT2D eigenvalue weighted by Crippen LogP contribution is -2.07. The summed E-state index contributed by atoms with van der Waals surface area (Å²) >= 11 is 3.36. The van der Waals surface area contributed by atoms with Gasteiger partial charge in [0.2, 0.25) is 0 Å². The highest BCUT2D eigenvalue weighted by molar-refractivity contribution is 9.10. The summed E-state index contributed by atoms with van der Waals surface area (Å²) in [6, 6.07) is 6.84. The van der Waals surface area contributed by atoms with Crippen LogP contribution in [0.1, 0.15) is 16.8 Å². The quantitative estimate of drug-likeness (QED) is 0.802. The normalized spacial score (nSPS) is 10.4. The molecular weight excluding hydrogens is 310 g/mol. The third-order valence-corrected chi connectivity index (χ3v) is 3.31. The molecule has 100 valence electrons. The van der Waals surface area contributed by atoms with E-state index in [1.807, 2.05) is 16.9 Å². The Morgan fingerprint density at radius 3 is 2.95 bits per heavy atom. The number of aryl methyl sites for hydroxylation is 1. The molecular formula is C13H14BrN3O2. The molecule has 0 aliphatic heterocycles. The molecule has 0 aliphatic rings. The van der Waals surface area contributed by atoms with Crippen LogP contribution in [0.2, 0.25) is 0 Å². The van der Waals surface area contributed by atoms with Crippen molar-refractivity contribution in [2.24, 2.45) is 0 Å². The van der Waals surface area contributed by atoms with Crippen LogP contribution in [-0.2, 0) is 6.54 Å². The van der Waals surface area contributed by atoms with Crippen molar-refractivity contribution in [1.29, 1.82) is 0 Å². The number of aromatic carboxylic acids is 1. The topological polar surface area (TPSA) is 67.2 Å². The second kappa shape index (κ2) is 6.38. The predicted octanol–water partition coefficient (Wildman–Crippen LogP) is 2.85. The Labute approximate surface area is 119 Å². The Morgan fingerprint density at radius 2 is 2.32 bits per heavy atom. The number of anilines is 1. The molecule has 0 radical (unpaired) electrons. The van der Waals surface area contributed by atoms with Gasteiger partial charge in [0, 0.05) is 35.6 Å². The van der Waals surface area contributed by atoms with Crippen LogP contribution >= 0.6 is 15.9 Å². The van der Waals surface area contributed by atoms with E-state index in [1.54, 1.807) is 24.4 Å². The number of halogens is 1. The summed E-state index contributed by atoms with van der Waals surface area (Å²) in [4.78, 5) is 10.8. The first kappa shape index (κ1) is 13.6. The van der Waals surface area contributed by atoms with Crippen LogP contribution in [0.5, 0.6) is 0 Å². The molecule has 2 N–H and O–H groups in total. The molecule has 0 fully saturated rings. The SMILES string of the molecule is O=C(O)c1ccc(NCCCn2cccn2)c(Br)c1. The third-order valence-electron chi connectivity index (χ3n) is 2.65. The molecule has 2 aromatic rings. The van der Waals surface area contributed by atoms with Crippen LogP contribution in [0.25, 0.3) is 0 Å². The van der Waals surface area contributed by atoms with Crippen LogP contribution < -0.4 is 5.32 Å². The van der Waals surface area contributed by atoms with E-state index in [9.17, 15) is 4.79 Å². The fraction of sp³-hybridized carbons (Fsp3) is 0.231. The van der Waals surface area contributed by atoms with Crippen molar-refractivity contribution in [3.63, 3.8) is 0 Å². The number of carbonyl (C=O) groups is 1. The highest BCUT2D eigenvalue weighted by atomic mass is 79.9. The molecule has 1 aromatic carbocycles. The zero-order valence-corrected chi connectivity index (χ0v) is 11.8. The summed E-state index contributed by atoms with van der Waals surface area (Å²) in [5, 5.41) is 16.3. The predicted molar refractivity (Wildman–Crippen MR) is 76.4 cm³/mol. The van der Waals surface area contributed by atoms with Gasteiger partial charge in [0.25, 0.3) is 0 Å². The molecule has 2 rings (SSSR count). The number of carboxylic acids is 1. The summed E-state index contributed by atoms with van der Waals surface area (Å²) in [5.74, 6) is -0.925. The van der Waals surface area contributed by atoms with Crippen molar-refractivity contribution in [2.45, 2.75) is 13.0 Å². The molecule has 1 aromatic heterocycles. The van der Waals surface area contributed by atoms with Gasteiger partial charge in [0.05, 0.1) is 5.56 Å². The number of rotatable bonds is 6. The number of hydrogen-bond acceptors (Lipinski definition) is 3. The summed E-state index contributed by atoms with van der Waals surface area (Å²) in [7, 11) is 0. The number of carboxylic acid groups (broad SMARTS) is 1. The second-order valence-electron chi connectivity index (χ2n) is 4.05. The summed E-state index contributed by atoms with van der Waals surface area (Å²) in [5.41, 5.74) is 1.17. The maximum absolute atomic E-state index is 10.8. The van der Waals surface area contributed by atoms with E-state index in [0.29, 0.717) is 0 Å². The van der Waals surface area contributed by atoms with E-state index in [2.05, 4.69) is 26.3 Å². The Kier molecular flexibility index (Phi) is 4.57. The standard InChI is InChI=1S/C13H14BrN3O2/c14-11-9-10(13(18)19)3-4-12(11)15-5-1-7-17-8-2-6-16-17/h2-4,6,8-9,15H,1,5,7H2,(H,18,19). The molecule has 5 nitrogen and oxygen atoms in total. The van der Waals surface area contributed by atoms with Crippen LogP contribution in [0.3, 0.4) is 0 Å². The Hall–Kier alpha value is -1.82. The van der Waals surface area contributed by atoms with E-state index < -0.39 is 5.97 Å². The van der Waals surface area contributed by atoms with Crippen molar-refractivity contribution < 1.29 is 9.90 Å². The lowest BCUT2D eigenvalue weighted by atomic mass is 10.2. The van der Waals surface area contributed by atoms with Crippen molar-refractivity contribution in [3.05, 3.63) is 46.7 Å². The Balaban J connectivity index is 1.84. The van der Waals surface area contributed by atoms with Crippen LogP contribution in [0.15, 0.2) is 41.1 Å². The van der Waals surface area contributed by atoms with Gasteiger partial charge in [-0.05, 0) is 46.6 Å². The molecule has 0 amide bonds. The number of nitrogens with one attached hydrogen (secondary N) is 1. The lowest BCUT2D eigenvalue weighted by molar-refractivity contribution is 0.0697. The first-order chi connectivity index (χ1) is 9.16. The average Bonchev–Trinajstić information content (AvgIpc) is 2.89. The van der Waals surface area contributed by atoms with Crippen LogP contribution in [-0.4, -0.2) is 27.4 Å². The minimum absolute atomic E-state index is 0.272. The number of benzene rings is 1. The monoisotopic (exact) mass is 323 g/mol. The van der Waals surface area contributed by atoms with Crippen molar-refractivity contribution in [2.75, 3.05) is 11.9 Å². The lowest BCUT2D eigenvalue weighted by Gasteiger charge is -2.09. The molecule has 1 heterocycles. The van der Waals surface area contributed by atoms with E-state index >= 15 is 0 Å². The van der Waals surface area contributed by atoms with E-state index in [1.165, 1.54) is 0 Å². The molecule has 0 spiro atoms. The minimum atomic E-state index is -0.925. The van der Waals surface area contributed by atoms with Gasteiger partial charge in [0.1, 0.15) is 0 Å². The fourth-order valence-corrected chi connectivity index (χ4v) is 2.21. The average molecular weight is 324 g/mol. The first-order valence-corrected chi connectivity index (χ1v) is 6.70. The number of nitrogens with zero attached hydrogens (tertiary/aromatic N) is 2. The molecule has 0 unspecified atom stereocenters. The van der Waals surface area contributed by atoms with Gasteiger partial charge in [0.15, 0.2) is 0 Å². The maximum Gasteiger partial charge on any atom is 0.335 e. The summed E-state index contributed by atoms with van der Waals surface area (Å²) in [6.07, 6.45) is 4.63. The van der Waals surface area contributed by atoms with Crippen LogP contribution in [0.4, 0.5) is 5.69 Å². The minimum Gasteiger partial charge on any atom is -0.478 e. The fourth-order valence-electron chi connectivity index (χ4n) is 1.69. The number of aromatic nitrogens is 2. The first-order valence-electron chi connectivity index (χ1n) is 5.91. The molecule has 0 aliphatic carbocycles. The van der Waals surface area contributed by atoms with Gasteiger partial charge in [-0.2, -0.15) is 5.10 Å². The third kappa shape index (κ3) is 3.82. The van der Waals surface area contributed by atoms with E-state index in [4.69, 9.17) is 5.11 Å². The van der Waals surface area contributed by atoms with E-state index in [0.717, 1.165) is 29.7 Å². The van der Waals surface area contributed by atoms with Crippen molar-refractivity contribution in [3.8, 4) is 0 Å². The highest BCUT2D eigenvalue weighted by Crippen LogP contribution is 2.23. The molecule has 19 heavy (non-hydrogen) atoms. The maximum atomic E-state index is 10.8. The molecule has 0 saturated heterocycles. The molecule has 0 atom stereocenters. The van der Waals surface area contributed by atoms with Gasteiger partial charge >= 0.3 is 5.97 Å². The van der Waals surface area contributed by atoms with Gasteiger partial charge in [-0.1, -0.05) is 0 Å². The Bertz CT molecular complexity index is 555. The smallest absolute Gasteiger partial charge is 0.335 e. The summed E-state index contributed by atoms with van der Waals surface area (Å²) < 4.78 is 2.64. The molecule has 0 bridgehead atoms. The van der Waals surface area contributed by atoms with Gasteiger partial charge in [-0.25, -0.2) is 4.79 Å². The highest BCUT2D eigenvalue weighted by Gasteiger charge is 2.06. The van der Waals surface area contributed by atoms with Gasteiger partial charge in [-0.15, -0.1) is 0 Å². The van der Waals surface area contributed by atoms with Crippen molar-refractivity contribution >= 4 is 27.6 Å². The summed E-state index contributed by atoms with van der Waals surface area (Å²) in [6.45, 7) is 1.65. The molecule has 0 saturated carbocycles. The zero-order valence-electron chi connectivity index (χ0n) is 10.2. The van der Waals surface area contributed by atoms with Crippen molar-refractivity contribution in [1.82, 2.24) is 9.78 Å². The van der Waals surface area contributed by atoms with Gasteiger partial charge in [-0.3, -0.25) is 4.68 Å². The second-order valence-corrected chi connectivity index (χ2v) is 4.90. The largest absolute Gasteiger partial charge is 0.478 e. The zero-order chi connectivity index (χ0) is 13.7. The van der Waals surface area contributed by atoms with Gasteiger partial charge < -0.3 is 10.4 Å².